The third-order valence-corrected chi connectivity index (χ3v) is 3.36. The van der Waals surface area contributed by atoms with Crippen LogP contribution in [-0.2, 0) is 11.2 Å². The van der Waals surface area contributed by atoms with Crippen molar-refractivity contribution in [1.82, 2.24) is 0 Å². The van der Waals surface area contributed by atoms with Gasteiger partial charge in [-0.25, -0.2) is 0 Å². The van der Waals surface area contributed by atoms with Crippen molar-refractivity contribution < 1.29 is 4.79 Å². The van der Waals surface area contributed by atoms with Crippen LogP contribution in [0.2, 0.25) is 0 Å². The highest BCUT2D eigenvalue weighted by Gasteiger charge is 2.16. The zero-order valence-corrected chi connectivity index (χ0v) is 12.2. The summed E-state index contributed by atoms with van der Waals surface area (Å²) >= 11 is 0. The molecule has 0 unspecified atom stereocenters. The second-order valence-electron chi connectivity index (χ2n) is 4.92. The number of carbonyl (C=O) groups is 1. The van der Waals surface area contributed by atoms with Gasteiger partial charge >= 0.3 is 0 Å². The van der Waals surface area contributed by atoms with Crippen LogP contribution in [0.25, 0.3) is 0 Å². The van der Waals surface area contributed by atoms with Crippen molar-refractivity contribution in [2.45, 2.75) is 33.1 Å². The maximum Gasteiger partial charge on any atom is 0.228 e. The first-order chi connectivity index (χ1) is 9.74. The number of carbonyl (C=O) groups excluding carboxylic acids is 1. The molecule has 0 spiro atoms. The van der Waals surface area contributed by atoms with E-state index in [9.17, 15) is 4.79 Å². The Morgan fingerprint density at radius 1 is 1.00 bits per heavy atom. The van der Waals surface area contributed by atoms with Gasteiger partial charge in [-0.3, -0.25) is 9.69 Å². The van der Waals surface area contributed by atoms with Gasteiger partial charge in [-0.2, -0.15) is 0 Å². The van der Waals surface area contributed by atoms with Crippen LogP contribution in [0.1, 0.15) is 32.3 Å². The minimum atomic E-state index is 0.0418. The molecule has 20 heavy (non-hydrogen) atoms. The Balaban J connectivity index is 2.42. The first-order valence-corrected chi connectivity index (χ1v) is 7.17. The average molecular weight is 267 g/mol. The largest absolute Gasteiger partial charge is 0.281 e. The normalized spacial score (nSPS) is 10.3. The van der Waals surface area contributed by atoms with Gasteiger partial charge < -0.3 is 0 Å². The van der Waals surface area contributed by atoms with E-state index in [1.165, 1.54) is 5.56 Å². The third-order valence-electron chi connectivity index (χ3n) is 3.36. The van der Waals surface area contributed by atoms with Crippen molar-refractivity contribution in [2.75, 3.05) is 4.90 Å². The molecule has 0 fully saturated rings. The Morgan fingerprint density at radius 3 is 2.30 bits per heavy atom. The van der Waals surface area contributed by atoms with Gasteiger partial charge in [0, 0.05) is 12.6 Å². The van der Waals surface area contributed by atoms with E-state index in [0.29, 0.717) is 0 Å². The molecule has 2 aromatic carbocycles. The Morgan fingerprint density at radius 2 is 1.65 bits per heavy atom. The quantitative estimate of drug-likeness (QED) is 0.768. The summed E-state index contributed by atoms with van der Waals surface area (Å²) < 4.78 is 0. The average Bonchev–Trinajstić information content (AvgIpc) is 2.47. The number of para-hydroxylation sites is 2. The zero-order valence-electron chi connectivity index (χ0n) is 12.2. The van der Waals surface area contributed by atoms with Crippen molar-refractivity contribution in [1.29, 1.82) is 0 Å². The number of rotatable bonds is 5. The molecule has 0 bridgehead atoms. The van der Waals surface area contributed by atoms with Crippen molar-refractivity contribution in [3.63, 3.8) is 0 Å². The number of benzene rings is 2. The van der Waals surface area contributed by atoms with Crippen LogP contribution in [0.15, 0.2) is 54.6 Å². The molecule has 0 atom stereocenters. The van der Waals surface area contributed by atoms with Gasteiger partial charge in [-0.1, -0.05) is 49.7 Å². The lowest BCUT2D eigenvalue weighted by atomic mass is 10.0. The maximum absolute atomic E-state index is 12.1. The standard InChI is InChI=1S/C18H21NO/c1-3-4-10-16-11-8-9-14-18(16)19(15(2)20)17-12-6-5-7-13-17/h5-9,11-14H,3-4,10H2,1-2H3. The molecular formula is C18H21NO. The van der Waals surface area contributed by atoms with E-state index in [1.54, 1.807) is 11.8 Å². The summed E-state index contributed by atoms with van der Waals surface area (Å²) in [5.74, 6) is 0.0418. The van der Waals surface area contributed by atoms with Gasteiger partial charge in [-0.05, 0) is 36.6 Å². The number of amides is 1. The summed E-state index contributed by atoms with van der Waals surface area (Å²) in [4.78, 5) is 13.9. The molecular weight excluding hydrogens is 246 g/mol. The summed E-state index contributed by atoms with van der Waals surface area (Å²) in [6, 6.07) is 18.0. The summed E-state index contributed by atoms with van der Waals surface area (Å²) in [5, 5.41) is 0. The van der Waals surface area contributed by atoms with Crippen LogP contribution in [0.4, 0.5) is 11.4 Å². The van der Waals surface area contributed by atoms with Crippen LogP contribution in [0.5, 0.6) is 0 Å². The van der Waals surface area contributed by atoms with Gasteiger partial charge in [0.2, 0.25) is 5.91 Å². The lowest BCUT2D eigenvalue weighted by Crippen LogP contribution is -2.23. The predicted molar refractivity (Wildman–Crippen MR) is 84.3 cm³/mol. The van der Waals surface area contributed by atoms with Crippen molar-refractivity contribution in [2.24, 2.45) is 0 Å². The Bertz CT molecular complexity index is 563. The molecule has 2 nitrogen and oxygen atoms in total. The Kier molecular flexibility index (Phi) is 4.94. The van der Waals surface area contributed by atoms with Gasteiger partial charge in [0.05, 0.1) is 5.69 Å². The zero-order chi connectivity index (χ0) is 14.4. The predicted octanol–water partition coefficient (Wildman–Crippen LogP) is 4.71. The van der Waals surface area contributed by atoms with E-state index in [1.807, 2.05) is 48.5 Å². The number of hydrogen-bond acceptors (Lipinski definition) is 1. The highest BCUT2D eigenvalue weighted by molar-refractivity contribution is 5.99. The molecule has 104 valence electrons. The minimum Gasteiger partial charge on any atom is -0.281 e. The molecule has 0 N–H and O–H groups in total. The molecule has 0 aliphatic carbocycles. The van der Waals surface area contributed by atoms with Gasteiger partial charge in [0.25, 0.3) is 0 Å². The summed E-state index contributed by atoms with van der Waals surface area (Å²) in [6.45, 7) is 3.80. The molecule has 0 aliphatic rings. The summed E-state index contributed by atoms with van der Waals surface area (Å²) in [7, 11) is 0. The molecule has 0 aromatic heterocycles. The molecule has 2 heteroatoms. The first-order valence-electron chi connectivity index (χ1n) is 7.17. The summed E-state index contributed by atoms with van der Waals surface area (Å²) in [6.07, 6.45) is 3.29. The highest BCUT2D eigenvalue weighted by Crippen LogP contribution is 2.29. The fourth-order valence-corrected chi connectivity index (χ4v) is 2.38. The van der Waals surface area contributed by atoms with Crippen LogP contribution in [0, 0.1) is 0 Å². The first kappa shape index (κ1) is 14.3. The molecule has 0 saturated heterocycles. The van der Waals surface area contributed by atoms with Crippen LogP contribution < -0.4 is 4.90 Å². The third kappa shape index (κ3) is 3.27. The van der Waals surface area contributed by atoms with Crippen molar-refractivity contribution >= 4 is 17.3 Å². The van der Waals surface area contributed by atoms with E-state index < -0.39 is 0 Å². The lowest BCUT2D eigenvalue weighted by molar-refractivity contribution is -0.115. The fourth-order valence-electron chi connectivity index (χ4n) is 2.38. The minimum absolute atomic E-state index is 0.0418. The van der Waals surface area contributed by atoms with E-state index in [4.69, 9.17) is 0 Å². The number of nitrogens with zero attached hydrogens (tertiary/aromatic N) is 1. The van der Waals surface area contributed by atoms with Crippen LogP contribution in [-0.4, -0.2) is 5.91 Å². The molecule has 1 amide bonds. The summed E-state index contributed by atoms with van der Waals surface area (Å²) in [5.41, 5.74) is 3.15. The number of hydrogen-bond donors (Lipinski definition) is 0. The van der Waals surface area contributed by atoms with Crippen LogP contribution in [0.3, 0.4) is 0 Å². The second-order valence-corrected chi connectivity index (χ2v) is 4.92. The van der Waals surface area contributed by atoms with Gasteiger partial charge in [0.15, 0.2) is 0 Å². The smallest absolute Gasteiger partial charge is 0.228 e. The monoisotopic (exact) mass is 267 g/mol. The number of aryl methyl sites for hydroxylation is 1. The highest BCUT2D eigenvalue weighted by atomic mass is 16.2. The lowest BCUT2D eigenvalue weighted by Gasteiger charge is -2.24. The van der Waals surface area contributed by atoms with E-state index in [0.717, 1.165) is 30.6 Å². The van der Waals surface area contributed by atoms with Crippen molar-refractivity contribution in [3.8, 4) is 0 Å². The van der Waals surface area contributed by atoms with Crippen LogP contribution >= 0.6 is 0 Å². The van der Waals surface area contributed by atoms with E-state index in [2.05, 4.69) is 13.0 Å². The Hall–Kier alpha value is -2.09. The molecule has 0 aliphatic heterocycles. The molecule has 0 saturated carbocycles. The van der Waals surface area contributed by atoms with Gasteiger partial charge in [-0.15, -0.1) is 0 Å². The molecule has 2 rings (SSSR count). The number of unbranched alkanes of at least 4 members (excludes halogenated alkanes) is 1. The van der Waals surface area contributed by atoms with E-state index >= 15 is 0 Å². The van der Waals surface area contributed by atoms with Crippen molar-refractivity contribution in [3.05, 3.63) is 60.2 Å². The molecule has 0 radical (unpaired) electrons. The molecule has 2 aromatic rings. The second kappa shape index (κ2) is 6.90. The topological polar surface area (TPSA) is 20.3 Å². The van der Waals surface area contributed by atoms with Gasteiger partial charge in [0.1, 0.15) is 0 Å². The number of anilines is 2. The fraction of sp³-hybridized carbons (Fsp3) is 0.278. The van der Waals surface area contributed by atoms with E-state index in [-0.39, 0.29) is 5.91 Å². The Labute approximate surface area is 121 Å². The molecule has 0 heterocycles. The maximum atomic E-state index is 12.1. The SMILES string of the molecule is CCCCc1ccccc1N(C(C)=O)c1ccccc1.